The van der Waals surface area contributed by atoms with Crippen LogP contribution in [0.2, 0.25) is 4.34 Å². The van der Waals surface area contributed by atoms with Gasteiger partial charge in [0.2, 0.25) is 5.91 Å². The minimum atomic E-state index is -3.25. The Hall–Kier alpha value is -2.49. The Labute approximate surface area is 195 Å². The van der Waals surface area contributed by atoms with Gasteiger partial charge in [-0.25, -0.2) is 18.4 Å². The molecule has 1 amide bonds. The first-order chi connectivity index (χ1) is 15.2. The third-order valence-corrected chi connectivity index (χ3v) is 8.40. The number of nitrogens with zero attached hydrogens (tertiary/aromatic N) is 4. The molecule has 3 aromatic rings. The van der Waals surface area contributed by atoms with Crippen LogP contribution in [0.4, 0.5) is 11.5 Å². The molecule has 0 atom stereocenters. The maximum absolute atomic E-state index is 12.4. The molecule has 2 aliphatic heterocycles. The zero-order valence-corrected chi connectivity index (χ0v) is 20.0. The number of carbonyl (C=O) groups is 1. The fourth-order valence-electron chi connectivity index (χ4n) is 4.15. The number of halogens is 1. The van der Waals surface area contributed by atoms with E-state index in [1.807, 2.05) is 18.2 Å². The summed E-state index contributed by atoms with van der Waals surface area (Å²) >= 11 is 7.48. The van der Waals surface area contributed by atoms with Gasteiger partial charge in [-0.2, -0.15) is 0 Å². The summed E-state index contributed by atoms with van der Waals surface area (Å²) in [5.41, 5.74) is 4.33. The van der Waals surface area contributed by atoms with Gasteiger partial charge in [-0.05, 0) is 35.7 Å². The van der Waals surface area contributed by atoms with Gasteiger partial charge in [0.25, 0.3) is 0 Å². The van der Waals surface area contributed by atoms with Crippen molar-refractivity contribution in [3.05, 3.63) is 57.1 Å². The van der Waals surface area contributed by atoms with Gasteiger partial charge in [0.1, 0.15) is 5.82 Å². The molecule has 0 radical (unpaired) electrons. The van der Waals surface area contributed by atoms with Crippen LogP contribution in [0.15, 0.2) is 30.3 Å². The molecule has 2 aromatic heterocycles. The summed E-state index contributed by atoms with van der Waals surface area (Å²) in [6, 6.07) is 9.66. The highest BCUT2D eigenvalue weighted by molar-refractivity contribution is 7.90. The van der Waals surface area contributed by atoms with E-state index >= 15 is 0 Å². The van der Waals surface area contributed by atoms with Crippen molar-refractivity contribution < 1.29 is 13.2 Å². The number of fused-ring (bicyclic) bond motifs is 2. The smallest absolute Gasteiger partial charge is 0.226 e. The highest BCUT2D eigenvalue weighted by atomic mass is 35.5. The van der Waals surface area contributed by atoms with Crippen LogP contribution in [-0.2, 0) is 39.0 Å². The third kappa shape index (κ3) is 3.89. The summed E-state index contributed by atoms with van der Waals surface area (Å²) in [6.07, 6.45) is 1.15. The van der Waals surface area contributed by atoms with E-state index in [4.69, 9.17) is 16.6 Å². The van der Waals surface area contributed by atoms with Crippen molar-refractivity contribution in [2.45, 2.75) is 24.3 Å². The number of hydrogen-bond acceptors (Lipinski definition) is 7. The van der Waals surface area contributed by atoms with E-state index in [-0.39, 0.29) is 17.4 Å². The summed E-state index contributed by atoms with van der Waals surface area (Å²) in [4.78, 5) is 25.9. The van der Waals surface area contributed by atoms with Crippen LogP contribution in [0.1, 0.15) is 22.4 Å². The maximum atomic E-state index is 12.4. The number of anilines is 2. The van der Waals surface area contributed by atoms with E-state index < -0.39 is 9.84 Å². The van der Waals surface area contributed by atoms with Crippen molar-refractivity contribution in [3.63, 3.8) is 0 Å². The van der Waals surface area contributed by atoms with Crippen molar-refractivity contribution in [1.82, 2.24) is 14.9 Å². The van der Waals surface area contributed by atoms with Crippen LogP contribution in [0.5, 0.6) is 0 Å². The summed E-state index contributed by atoms with van der Waals surface area (Å²) in [5.74, 6) is 1.07. The SMILES string of the molecule is CN(C)C(=O)Cc1ccc2c(c1)CCN2c1nc(-c2ccc(Cl)s2)nc2c1CS(=O)(=O)C2. The minimum absolute atomic E-state index is 0.0512. The van der Waals surface area contributed by atoms with Gasteiger partial charge in [0, 0.05) is 31.9 Å². The normalized spacial score (nSPS) is 16.2. The van der Waals surface area contributed by atoms with Crippen LogP contribution >= 0.6 is 22.9 Å². The average Bonchev–Trinajstić information content (AvgIpc) is 3.42. The fraction of sp³-hybridized carbons (Fsp3) is 0.318. The van der Waals surface area contributed by atoms with E-state index in [2.05, 4.69) is 16.0 Å². The summed E-state index contributed by atoms with van der Waals surface area (Å²) in [7, 11) is 0.248. The summed E-state index contributed by atoms with van der Waals surface area (Å²) in [6.45, 7) is 0.689. The largest absolute Gasteiger partial charge is 0.349 e. The second-order valence-electron chi connectivity index (χ2n) is 8.26. The molecule has 0 spiro atoms. The van der Waals surface area contributed by atoms with Crippen LogP contribution in [0.25, 0.3) is 10.7 Å². The molecule has 2 aliphatic rings. The number of carbonyl (C=O) groups excluding carboxylic acids is 1. The minimum Gasteiger partial charge on any atom is -0.349 e. The van der Waals surface area contributed by atoms with E-state index in [1.54, 1.807) is 25.1 Å². The van der Waals surface area contributed by atoms with E-state index in [0.717, 1.165) is 28.1 Å². The van der Waals surface area contributed by atoms with Gasteiger partial charge in [0.15, 0.2) is 15.7 Å². The topological polar surface area (TPSA) is 83.5 Å². The summed E-state index contributed by atoms with van der Waals surface area (Å²) < 4.78 is 25.5. The highest BCUT2D eigenvalue weighted by Gasteiger charge is 2.34. The Morgan fingerprint density at radius 1 is 1.19 bits per heavy atom. The number of sulfone groups is 1. The van der Waals surface area contributed by atoms with Crippen LogP contribution in [0, 0.1) is 0 Å². The fourth-order valence-corrected chi connectivity index (χ4v) is 6.62. The first kappa shape index (κ1) is 21.4. The lowest BCUT2D eigenvalue weighted by molar-refractivity contribution is -0.127. The van der Waals surface area contributed by atoms with Gasteiger partial charge in [-0.15, -0.1) is 11.3 Å². The van der Waals surface area contributed by atoms with Crippen molar-refractivity contribution in [1.29, 1.82) is 0 Å². The van der Waals surface area contributed by atoms with Crippen molar-refractivity contribution in [2.24, 2.45) is 0 Å². The lowest BCUT2D eigenvalue weighted by atomic mass is 10.1. The standard InChI is InChI=1S/C22H21ClN4O3S2/c1-26(2)20(28)10-13-3-4-17-14(9-13)7-8-27(17)22-15-11-32(29,30)12-16(15)24-21(25-22)18-5-6-19(23)31-18/h3-6,9H,7-8,10-12H2,1-2H3. The third-order valence-electron chi connectivity index (χ3n) is 5.73. The summed E-state index contributed by atoms with van der Waals surface area (Å²) in [5, 5.41) is 0. The number of thiophene rings is 1. The molecule has 10 heteroatoms. The molecule has 0 saturated carbocycles. The molecule has 0 aliphatic carbocycles. The molecule has 0 fully saturated rings. The molecule has 166 valence electrons. The second kappa shape index (κ2) is 7.83. The number of aromatic nitrogens is 2. The van der Waals surface area contributed by atoms with Gasteiger partial charge in [-0.3, -0.25) is 4.79 Å². The molecule has 0 bridgehead atoms. The van der Waals surface area contributed by atoms with E-state index in [0.29, 0.717) is 40.2 Å². The number of amides is 1. The number of rotatable bonds is 4. The van der Waals surface area contributed by atoms with Crippen molar-refractivity contribution >= 4 is 50.2 Å². The Balaban J connectivity index is 1.56. The zero-order valence-electron chi connectivity index (χ0n) is 17.6. The monoisotopic (exact) mass is 488 g/mol. The Kier molecular flexibility index (Phi) is 5.22. The zero-order chi connectivity index (χ0) is 22.6. The predicted molar refractivity (Wildman–Crippen MR) is 126 cm³/mol. The molecular weight excluding hydrogens is 468 g/mol. The molecule has 0 saturated heterocycles. The van der Waals surface area contributed by atoms with Gasteiger partial charge < -0.3 is 9.80 Å². The molecule has 7 nitrogen and oxygen atoms in total. The van der Waals surface area contributed by atoms with E-state index in [9.17, 15) is 13.2 Å². The van der Waals surface area contributed by atoms with Gasteiger partial charge in [0.05, 0.1) is 32.8 Å². The first-order valence-electron chi connectivity index (χ1n) is 10.2. The number of likely N-dealkylation sites (N-methyl/N-ethyl adjacent to an activating group) is 1. The van der Waals surface area contributed by atoms with Crippen LogP contribution in [0.3, 0.4) is 0 Å². The van der Waals surface area contributed by atoms with Crippen molar-refractivity contribution in [2.75, 3.05) is 25.5 Å². The van der Waals surface area contributed by atoms with E-state index in [1.165, 1.54) is 11.3 Å². The molecule has 1 aromatic carbocycles. The van der Waals surface area contributed by atoms with Crippen molar-refractivity contribution in [3.8, 4) is 10.7 Å². The molecule has 32 heavy (non-hydrogen) atoms. The molecule has 0 N–H and O–H groups in total. The molecule has 0 unspecified atom stereocenters. The van der Waals surface area contributed by atoms with Crippen LogP contribution < -0.4 is 4.90 Å². The maximum Gasteiger partial charge on any atom is 0.226 e. The molecule has 5 rings (SSSR count). The number of benzene rings is 1. The number of hydrogen-bond donors (Lipinski definition) is 0. The second-order valence-corrected chi connectivity index (χ2v) is 12.0. The van der Waals surface area contributed by atoms with Crippen LogP contribution in [-0.4, -0.2) is 49.8 Å². The van der Waals surface area contributed by atoms with Gasteiger partial charge in [-0.1, -0.05) is 23.7 Å². The average molecular weight is 489 g/mol. The predicted octanol–water partition coefficient (Wildman–Crippen LogP) is 3.61. The highest BCUT2D eigenvalue weighted by Crippen LogP contribution is 2.41. The quantitative estimate of drug-likeness (QED) is 0.558. The lowest BCUT2D eigenvalue weighted by Crippen LogP contribution is -2.23. The molecule has 4 heterocycles. The first-order valence-corrected chi connectivity index (χ1v) is 13.2. The Morgan fingerprint density at radius 2 is 2.00 bits per heavy atom. The molecular formula is C22H21ClN4O3S2. The lowest BCUT2D eigenvalue weighted by Gasteiger charge is -2.22. The Morgan fingerprint density at radius 3 is 2.72 bits per heavy atom. The van der Waals surface area contributed by atoms with Gasteiger partial charge >= 0.3 is 0 Å². The Bertz CT molecular complexity index is 1350.